The number of hydrogen-bond acceptors (Lipinski definition) is 6. The molecule has 0 unspecified atom stereocenters. The molecule has 3 amide bonds. The summed E-state index contributed by atoms with van der Waals surface area (Å²) >= 11 is 0. The van der Waals surface area contributed by atoms with Crippen LogP contribution in [0.5, 0.6) is 0 Å². The maximum absolute atomic E-state index is 12.4. The van der Waals surface area contributed by atoms with Gasteiger partial charge in [0.1, 0.15) is 5.52 Å². The van der Waals surface area contributed by atoms with Crippen molar-refractivity contribution in [3.63, 3.8) is 0 Å². The minimum Gasteiger partial charge on any atom is -0.449 e. The van der Waals surface area contributed by atoms with Crippen molar-refractivity contribution in [1.82, 2.24) is 15.8 Å². The van der Waals surface area contributed by atoms with Crippen LogP contribution in [0.1, 0.15) is 17.3 Å². The molecular formula is C19H17N3O5. The van der Waals surface area contributed by atoms with Crippen LogP contribution < -0.4 is 10.6 Å². The number of amides is 3. The SMILES string of the molecule is CNC(=O)NC(=O)[C@H](C)OC(=O)c1ccc2noc(-c3ccccc3)c2c1. The van der Waals surface area contributed by atoms with Crippen LogP contribution in [0, 0.1) is 0 Å². The van der Waals surface area contributed by atoms with Gasteiger partial charge < -0.3 is 14.6 Å². The second-order valence-corrected chi connectivity index (χ2v) is 5.73. The fraction of sp³-hybridized carbons (Fsp3) is 0.158. The van der Waals surface area contributed by atoms with Gasteiger partial charge in [-0.05, 0) is 25.1 Å². The maximum atomic E-state index is 12.4. The number of benzene rings is 2. The molecule has 8 nitrogen and oxygen atoms in total. The van der Waals surface area contributed by atoms with E-state index in [0.29, 0.717) is 16.7 Å². The monoisotopic (exact) mass is 367 g/mol. The first kappa shape index (κ1) is 18.1. The van der Waals surface area contributed by atoms with Gasteiger partial charge in [0.05, 0.1) is 10.9 Å². The molecule has 0 radical (unpaired) electrons. The maximum Gasteiger partial charge on any atom is 0.338 e. The molecule has 0 spiro atoms. The largest absolute Gasteiger partial charge is 0.449 e. The van der Waals surface area contributed by atoms with Crippen molar-refractivity contribution in [3.05, 3.63) is 54.1 Å². The molecular weight excluding hydrogens is 350 g/mol. The number of carbonyl (C=O) groups is 3. The van der Waals surface area contributed by atoms with Crippen molar-refractivity contribution in [2.45, 2.75) is 13.0 Å². The lowest BCUT2D eigenvalue weighted by Crippen LogP contribution is -2.43. The highest BCUT2D eigenvalue weighted by Gasteiger charge is 2.21. The van der Waals surface area contributed by atoms with Crippen molar-refractivity contribution >= 4 is 28.8 Å². The molecule has 0 aliphatic heterocycles. The number of nitrogens with zero attached hydrogens (tertiary/aromatic N) is 1. The van der Waals surface area contributed by atoms with Crippen LogP contribution in [0.3, 0.4) is 0 Å². The van der Waals surface area contributed by atoms with E-state index < -0.39 is 24.0 Å². The second-order valence-electron chi connectivity index (χ2n) is 5.73. The second kappa shape index (κ2) is 7.69. The number of fused-ring (bicyclic) bond motifs is 1. The summed E-state index contributed by atoms with van der Waals surface area (Å²) in [5.74, 6) is -0.888. The van der Waals surface area contributed by atoms with Crippen molar-refractivity contribution < 1.29 is 23.6 Å². The standard InChI is InChI=1S/C19H17N3O5/c1-11(17(23)21-19(25)20-2)26-18(24)13-8-9-15-14(10-13)16(27-22-15)12-6-4-3-5-7-12/h3-11H,1-2H3,(H2,20,21,23,25)/t11-/m0/s1. The van der Waals surface area contributed by atoms with Crippen LogP contribution in [0.15, 0.2) is 53.1 Å². The third-order valence-electron chi connectivity index (χ3n) is 3.86. The highest BCUT2D eigenvalue weighted by atomic mass is 16.5. The van der Waals surface area contributed by atoms with E-state index in [4.69, 9.17) is 9.26 Å². The van der Waals surface area contributed by atoms with Gasteiger partial charge in [0, 0.05) is 12.6 Å². The van der Waals surface area contributed by atoms with Gasteiger partial charge >= 0.3 is 12.0 Å². The van der Waals surface area contributed by atoms with Crippen molar-refractivity contribution in [1.29, 1.82) is 0 Å². The van der Waals surface area contributed by atoms with Gasteiger partial charge in [0.15, 0.2) is 11.9 Å². The summed E-state index contributed by atoms with van der Waals surface area (Å²) in [7, 11) is 1.37. The Labute approximate surface area is 154 Å². The van der Waals surface area contributed by atoms with E-state index in [-0.39, 0.29) is 5.56 Å². The summed E-state index contributed by atoms with van der Waals surface area (Å²) in [6.07, 6.45) is -1.14. The molecule has 3 rings (SSSR count). The third-order valence-corrected chi connectivity index (χ3v) is 3.86. The quantitative estimate of drug-likeness (QED) is 0.686. The number of aromatic nitrogens is 1. The molecule has 138 valence electrons. The highest BCUT2D eigenvalue weighted by molar-refractivity contribution is 6.01. The molecule has 1 atom stereocenters. The van der Waals surface area contributed by atoms with Gasteiger partial charge in [-0.25, -0.2) is 9.59 Å². The fourth-order valence-corrected chi connectivity index (χ4v) is 2.42. The Balaban J connectivity index is 1.81. The van der Waals surface area contributed by atoms with Crippen LogP contribution >= 0.6 is 0 Å². The zero-order valence-electron chi connectivity index (χ0n) is 14.7. The third kappa shape index (κ3) is 3.95. The average molecular weight is 367 g/mol. The number of urea groups is 1. The molecule has 0 saturated carbocycles. The molecule has 8 heteroatoms. The predicted molar refractivity (Wildman–Crippen MR) is 96.9 cm³/mol. The first-order valence-corrected chi connectivity index (χ1v) is 8.18. The van der Waals surface area contributed by atoms with Crippen LogP contribution in [-0.2, 0) is 9.53 Å². The summed E-state index contributed by atoms with van der Waals surface area (Å²) in [6.45, 7) is 1.38. The van der Waals surface area contributed by atoms with Gasteiger partial charge in [-0.2, -0.15) is 0 Å². The van der Waals surface area contributed by atoms with Crippen molar-refractivity contribution in [3.8, 4) is 11.3 Å². The molecule has 3 aromatic rings. The molecule has 27 heavy (non-hydrogen) atoms. The van der Waals surface area contributed by atoms with E-state index in [1.807, 2.05) is 30.3 Å². The number of nitrogens with one attached hydrogen (secondary N) is 2. The Hall–Kier alpha value is -3.68. The molecule has 0 aliphatic carbocycles. The molecule has 0 saturated heterocycles. The van der Waals surface area contributed by atoms with Crippen LogP contribution in [-0.4, -0.2) is 36.2 Å². The van der Waals surface area contributed by atoms with E-state index >= 15 is 0 Å². The summed E-state index contributed by atoms with van der Waals surface area (Å²) in [5.41, 5.74) is 1.65. The number of carbonyl (C=O) groups excluding carboxylic acids is 3. The molecule has 0 aliphatic rings. The normalized spacial score (nSPS) is 11.6. The molecule has 0 bridgehead atoms. The number of imide groups is 1. The van der Waals surface area contributed by atoms with Gasteiger partial charge in [-0.3, -0.25) is 10.1 Å². The zero-order chi connectivity index (χ0) is 19.4. The number of hydrogen-bond donors (Lipinski definition) is 2. The van der Waals surface area contributed by atoms with Gasteiger partial charge in [0.2, 0.25) is 0 Å². The van der Waals surface area contributed by atoms with Crippen LogP contribution in [0.2, 0.25) is 0 Å². The lowest BCUT2D eigenvalue weighted by atomic mass is 10.1. The first-order chi connectivity index (χ1) is 13.0. The van der Waals surface area contributed by atoms with Gasteiger partial charge in [-0.15, -0.1) is 0 Å². The Morgan fingerprint density at radius 2 is 1.85 bits per heavy atom. The van der Waals surface area contributed by atoms with E-state index in [0.717, 1.165) is 5.56 Å². The molecule has 0 fully saturated rings. The molecule has 2 aromatic carbocycles. The van der Waals surface area contributed by atoms with E-state index in [2.05, 4.69) is 15.8 Å². The highest BCUT2D eigenvalue weighted by Crippen LogP contribution is 2.29. The zero-order valence-corrected chi connectivity index (χ0v) is 14.7. The summed E-state index contributed by atoms with van der Waals surface area (Å²) < 4.78 is 10.5. The average Bonchev–Trinajstić information content (AvgIpc) is 3.11. The smallest absolute Gasteiger partial charge is 0.338 e. The van der Waals surface area contributed by atoms with E-state index in [1.165, 1.54) is 20.0 Å². The summed E-state index contributed by atoms with van der Waals surface area (Å²) in [4.78, 5) is 35.4. The summed E-state index contributed by atoms with van der Waals surface area (Å²) in [6, 6.07) is 13.5. The van der Waals surface area contributed by atoms with Crippen molar-refractivity contribution in [2.24, 2.45) is 0 Å². The topological polar surface area (TPSA) is 111 Å². The minimum absolute atomic E-state index is 0.238. The Morgan fingerprint density at radius 3 is 2.56 bits per heavy atom. The Bertz CT molecular complexity index is 997. The number of rotatable bonds is 4. The molecule has 2 N–H and O–H groups in total. The molecule has 1 aromatic heterocycles. The summed E-state index contributed by atoms with van der Waals surface area (Å²) in [5, 5.41) is 8.94. The van der Waals surface area contributed by atoms with Gasteiger partial charge in [-0.1, -0.05) is 35.5 Å². The minimum atomic E-state index is -1.14. The number of ether oxygens (including phenoxy) is 1. The lowest BCUT2D eigenvalue weighted by molar-refractivity contribution is -0.127. The van der Waals surface area contributed by atoms with Crippen LogP contribution in [0.25, 0.3) is 22.2 Å². The molecule has 1 heterocycles. The van der Waals surface area contributed by atoms with Crippen LogP contribution in [0.4, 0.5) is 4.79 Å². The lowest BCUT2D eigenvalue weighted by Gasteiger charge is -2.12. The van der Waals surface area contributed by atoms with E-state index in [9.17, 15) is 14.4 Å². The van der Waals surface area contributed by atoms with E-state index in [1.54, 1.807) is 12.1 Å². The Morgan fingerprint density at radius 1 is 1.11 bits per heavy atom. The fourth-order valence-electron chi connectivity index (χ4n) is 2.42. The van der Waals surface area contributed by atoms with Crippen molar-refractivity contribution in [2.75, 3.05) is 7.05 Å². The van der Waals surface area contributed by atoms with Gasteiger partial charge in [0.25, 0.3) is 5.91 Å². The first-order valence-electron chi connectivity index (χ1n) is 8.18. The number of esters is 1. The predicted octanol–water partition coefficient (Wildman–Crippen LogP) is 2.50. The Kier molecular flexibility index (Phi) is 5.16.